The lowest BCUT2D eigenvalue weighted by molar-refractivity contribution is -0.145. The Morgan fingerprint density at radius 1 is 1.05 bits per heavy atom. The molecule has 3 rings (SSSR count). The van der Waals surface area contributed by atoms with E-state index in [1.807, 2.05) is 35.2 Å². The molecule has 1 aliphatic carbocycles. The highest BCUT2D eigenvalue weighted by molar-refractivity contribution is 5.86. The molecule has 3 heteroatoms. The van der Waals surface area contributed by atoms with Gasteiger partial charge >= 0.3 is 0 Å². The van der Waals surface area contributed by atoms with Crippen molar-refractivity contribution in [3.8, 4) is 0 Å². The molecule has 2 atom stereocenters. The van der Waals surface area contributed by atoms with Gasteiger partial charge in [-0.15, -0.1) is 0 Å². The maximum absolute atomic E-state index is 12.2. The lowest BCUT2D eigenvalue weighted by Gasteiger charge is -2.43. The number of Topliss-reactive ketones (excluding diaryl/α,β-unsaturated/α-hetero) is 1. The zero-order chi connectivity index (χ0) is 13.2. The highest BCUT2D eigenvalue weighted by Gasteiger charge is 2.41. The second-order valence-electron chi connectivity index (χ2n) is 5.58. The average Bonchev–Trinajstić information content (AvgIpc) is 2.43. The monoisotopic (exact) mass is 257 g/mol. The van der Waals surface area contributed by atoms with Crippen molar-refractivity contribution in [2.75, 3.05) is 0 Å². The Morgan fingerprint density at radius 3 is 2.63 bits per heavy atom. The number of carbonyl (C=O) groups is 2. The van der Waals surface area contributed by atoms with E-state index in [9.17, 15) is 9.59 Å². The van der Waals surface area contributed by atoms with E-state index in [4.69, 9.17) is 0 Å². The summed E-state index contributed by atoms with van der Waals surface area (Å²) in [6.45, 7) is 0.647. The van der Waals surface area contributed by atoms with Crippen LogP contribution in [0, 0.1) is 5.92 Å². The molecule has 1 saturated carbocycles. The molecule has 0 spiro atoms. The standard InChI is InChI=1S/C16H19NO2/c18-15-8-4-7-14-13(15)9-10-16(19)17(14)11-12-5-2-1-3-6-12/h1-3,5-6,13-14H,4,7-11H2/t13-,14+/m0/s1. The Morgan fingerprint density at radius 2 is 1.84 bits per heavy atom. The number of ketones is 1. The van der Waals surface area contributed by atoms with E-state index in [2.05, 4.69) is 0 Å². The Balaban J connectivity index is 1.81. The molecule has 1 aromatic rings. The molecule has 1 amide bonds. The van der Waals surface area contributed by atoms with Gasteiger partial charge in [-0.05, 0) is 24.8 Å². The molecule has 0 bridgehead atoms. The fourth-order valence-corrected chi connectivity index (χ4v) is 3.41. The predicted molar refractivity (Wildman–Crippen MR) is 72.4 cm³/mol. The number of carbonyl (C=O) groups excluding carboxylic acids is 2. The van der Waals surface area contributed by atoms with Gasteiger partial charge in [0.15, 0.2) is 0 Å². The number of rotatable bonds is 2. The molecule has 2 fully saturated rings. The van der Waals surface area contributed by atoms with E-state index in [1.165, 1.54) is 0 Å². The van der Waals surface area contributed by atoms with E-state index in [0.29, 0.717) is 25.2 Å². The Labute approximate surface area is 113 Å². The first kappa shape index (κ1) is 12.4. The molecule has 19 heavy (non-hydrogen) atoms. The molecular weight excluding hydrogens is 238 g/mol. The van der Waals surface area contributed by atoms with Crippen LogP contribution in [-0.4, -0.2) is 22.6 Å². The fraction of sp³-hybridized carbons (Fsp3) is 0.500. The number of nitrogens with zero attached hydrogens (tertiary/aromatic N) is 1. The number of hydrogen-bond acceptors (Lipinski definition) is 2. The molecule has 2 aliphatic rings. The van der Waals surface area contributed by atoms with Crippen molar-refractivity contribution in [3.05, 3.63) is 35.9 Å². The third kappa shape index (κ3) is 2.42. The minimum Gasteiger partial charge on any atom is -0.335 e. The molecule has 100 valence electrons. The van der Waals surface area contributed by atoms with Gasteiger partial charge in [0.1, 0.15) is 5.78 Å². The van der Waals surface area contributed by atoms with E-state index in [0.717, 1.165) is 24.8 Å². The summed E-state index contributed by atoms with van der Waals surface area (Å²) in [7, 11) is 0. The first-order valence-electron chi connectivity index (χ1n) is 7.12. The maximum atomic E-state index is 12.2. The zero-order valence-corrected chi connectivity index (χ0v) is 11.0. The Bertz CT molecular complexity index is 483. The first-order chi connectivity index (χ1) is 9.25. The van der Waals surface area contributed by atoms with Crippen LogP contribution >= 0.6 is 0 Å². The topological polar surface area (TPSA) is 37.4 Å². The zero-order valence-electron chi connectivity index (χ0n) is 11.0. The largest absolute Gasteiger partial charge is 0.335 e. The summed E-state index contributed by atoms with van der Waals surface area (Å²) < 4.78 is 0. The van der Waals surface area contributed by atoms with Gasteiger partial charge in [-0.1, -0.05) is 30.3 Å². The normalized spacial score (nSPS) is 27.3. The Kier molecular flexibility index (Phi) is 3.36. The summed E-state index contributed by atoms with van der Waals surface area (Å²) in [6.07, 6.45) is 3.90. The van der Waals surface area contributed by atoms with Crippen molar-refractivity contribution in [3.63, 3.8) is 0 Å². The second kappa shape index (κ2) is 5.16. The van der Waals surface area contributed by atoms with Gasteiger partial charge in [0.2, 0.25) is 5.91 Å². The van der Waals surface area contributed by atoms with Crippen LogP contribution in [0.4, 0.5) is 0 Å². The van der Waals surface area contributed by atoms with Gasteiger partial charge in [-0.25, -0.2) is 0 Å². The molecule has 0 N–H and O–H groups in total. The van der Waals surface area contributed by atoms with Crippen molar-refractivity contribution in [1.29, 1.82) is 0 Å². The molecule has 1 aromatic carbocycles. The van der Waals surface area contributed by atoms with Gasteiger partial charge in [0.25, 0.3) is 0 Å². The maximum Gasteiger partial charge on any atom is 0.223 e. The molecule has 0 radical (unpaired) electrons. The summed E-state index contributed by atoms with van der Waals surface area (Å²) >= 11 is 0. The SMILES string of the molecule is O=C1CCC[C@@H]2[C@@H]1CCC(=O)N2Cc1ccccc1. The summed E-state index contributed by atoms with van der Waals surface area (Å²) in [5.74, 6) is 0.664. The molecule has 0 unspecified atom stereocenters. The number of benzene rings is 1. The molecule has 0 aromatic heterocycles. The third-order valence-corrected chi connectivity index (χ3v) is 4.39. The van der Waals surface area contributed by atoms with Crippen LogP contribution in [0.3, 0.4) is 0 Å². The number of fused-ring (bicyclic) bond motifs is 1. The first-order valence-corrected chi connectivity index (χ1v) is 7.12. The molecule has 3 nitrogen and oxygen atoms in total. The van der Waals surface area contributed by atoms with Crippen molar-refractivity contribution in [1.82, 2.24) is 4.90 Å². The Hall–Kier alpha value is -1.64. The summed E-state index contributed by atoms with van der Waals surface area (Å²) in [6, 6.07) is 10.2. The lowest BCUT2D eigenvalue weighted by atomic mass is 9.77. The van der Waals surface area contributed by atoms with Crippen LogP contribution in [0.2, 0.25) is 0 Å². The predicted octanol–water partition coefficient (Wildman–Crippen LogP) is 2.55. The van der Waals surface area contributed by atoms with Crippen molar-refractivity contribution in [2.45, 2.75) is 44.7 Å². The van der Waals surface area contributed by atoms with E-state index in [-0.39, 0.29) is 17.9 Å². The van der Waals surface area contributed by atoms with Crippen molar-refractivity contribution in [2.24, 2.45) is 5.92 Å². The average molecular weight is 257 g/mol. The van der Waals surface area contributed by atoms with Gasteiger partial charge in [0.05, 0.1) is 0 Å². The minimum atomic E-state index is 0.0927. The van der Waals surface area contributed by atoms with Crippen LogP contribution in [0.25, 0.3) is 0 Å². The number of piperidine rings is 1. The van der Waals surface area contributed by atoms with Gasteiger partial charge in [-0.2, -0.15) is 0 Å². The van der Waals surface area contributed by atoms with Crippen molar-refractivity contribution < 1.29 is 9.59 Å². The highest BCUT2D eigenvalue weighted by atomic mass is 16.2. The van der Waals surface area contributed by atoms with E-state index < -0.39 is 0 Å². The second-order valence-corrected chi connectivity index (χ2v) is 5.58. The molecule has 1 saturated heterocycles. The lowest BCUT2D eigenvalue weighted by Crippen LogP contribution is -2.52. The number of likely N-dealkylation sites (tertiary alicyclic amines) is 1. The molecule has 1 heterocycles. The quantitative estimate of drug-likeness (QED) is 0.816. The van der Waals surface area contributed by atoms with Crippen LogP contribution in [0.5, 0.6) is 0 Å². The number of hydrogen-bond donors (Lipinski definition) is 0. The fourth-order valence-electron chi connectivity index (χ4n) is 3.41. The van der Waals surface area contributed by atoms with Crippen LogP contribution in [0.15, 0.2) is 30.3 Å². The van der Waals surface area contributed by atoms with Crippen LogP contribution < -0.4 is 0 Å². The van der Waals surface area contributed by atoms with Crippen LogP contribution in [-0.2, 0) is 16.1 Å². The van der Waals surface area contributed by atoms with Gasteiger partial charge < -0.3 is 4.90 Å². The molecule has 1 aliphatic heterocycles. The smallest absolute Gasteiger partial charge is 0.223 e. The number of amides is 1. The van der Waals surface area contributed by atoms with E-state index in [1.54, 1.807) is 0 Å². The third-order valence-electron chi connectivity index (χ3n) is 4.39. The van der Waals surface area contributed by atoms with Gasteiger partial charge in [0, 0.05) is 31.3 Å². The van der Waals surface area contributed by atoms with Crippen LogP contribution in [0.1, 0.15) is 37.7 Å². The summed E-state index contributed by atoms with van der Waals surface area (Å²) in [4.78, 5) is 26.1. The molecular formula is C16H19NO2. The van der Waals surface area contributed by atoms with Crippen molar-refractivity contribution >= 4 is 11.7 Å². The van der Waals surface area contributed by atoms with Gasteiger partial charge in [-0.3, -0.25) is 9.59 Å². The summed E-state index contributed by atoms with van der Waals surface area (Å²) in [5, 5.41) is 0. The minimum absolute atomic E-state index is 0.0927. The highest BCUT2D eigenvalue weighted by Crippen LogP contribution is 2.34. The van der Waals surface area contributed by atoms with E-state index >= 15 is 0 Å². The summed E-state index contributed by atoms with van der Waals surface area (Å²) in [5.41, 5.74) is 1.15.